The minimum Gasteiger partial charge on any atom is -0.372 e. The first-order valence-electron chi connectivity index (χ1n) is 7.85. The third-order valence-corrected chi connectivity index (χ3v) is 3.66. The number of allylic oxidation sites excluding steroid dienone is 1. The Labute approximate surface area is 140 Å². The number of unbranched alkanes of at least 4 members (excludes halogenated alkanes) is 2. The predicted octanol–water partition coefficient (Wildman–Crippen LogP) is 5.15. The molecule has 3 nitrogen and oxygen atoms in total. The summed E-state index contributed by atoms with van der Waals surface area (Å²) in [6, 6.07) is 7.17. The molecule has 1 rings (SSSR count). The molecule has 128 valence electrons. The molecule has 0 amide bonds. The first-order chi connectivity index (χ1) is 11.4. The van der Waals surface area contributed by atoms with Gasteiger partial charge >= 0.3 is 6.18 Å². The second-order valence-corrected chi connectivity index (χ2v) is 5.34. The van der Waals surface area contributed by atoms with Crippen LogP contribution < -0.4 is 4.90 Å². The Bertz CT molecular complexity index is 648. The van der Waals surface area contributed by atoms with E-state index in [1.54, 1.807) is 18.2 Å². The molecule has 1 aromatic carbocycles. The van der Waals surface area contributed by atoms with Gasteiger partial charge < -0.3 is 4.90 Å². The van der Waals surface area contributed by atoms with Crippen molar-refractivity contribution in [2.45, 2.75) is 39.3 Å². The maximum absolute atomic E-state index is 13.3. The predicted molar refractivity (Wildman–Crippen MR) is 88.1 cm³/mol. The van der Waals surface area contributed by atoms with Crippen LogP contribution in [0.4, 0.5) is 18.9 Å². The maximum Gasteiger partial charge on any atom is 0.417 e. The Hall–Kier alpha value is -2.47. The topological polar surface area (TPSA) is 50.8 Å². The lowest BCUT2D eigenvalue weighted by atomic mass is 10.0. The molecule has 0 heterocycles. The van der Waals surface area contributed by atoms with Crippen LogP contribution in [0.25, 0.3) is 6.08 Å². The zero-order chi connectivity index (χ0) is 18.2. The molecule has 0 bridgehead atoms. The molecule has 0 atom stereocenters. The Morgan fingerprint density at radius 2 is 1.83 bits per heavy atom. The third kappa shape index (κ3) is 5.31. The molecule has 0 aliphatic carbocycles. The molecule has 0 spiro atoms. The lowest BCUT2D eigenvalue weighted by molar-refractivity contribution is -0.137. The van der Waals surface area contributed by atoms with E-state index in [4.69, 9.17) is 10.5 Å². The first-order valence-corrected chi connectivity index (χ1v) is 7.85. The molecule has 0 radical (unpaired) electrons. The lowest BCUT2D eigenvalue weighted by Crippen LogP contribution is -2.24. The number of halogens is 3. The fourth-order valence-electron chi connectivity index (χ4n) is 2.38. The minimum atomic E-state index is -4.55. The van der Waals surface area contributed by atoms with Crippen molar-refractivity contribution >= 4 is 11.8 Å². The van der Waals surface area contributed by atoms with Gasteiger partial charge in [-0.05, 0) is 37.1 Å². The molecular weight excluding hydrogens is 315 g/mol. The van der Waals surface area contributed by atoms with Crippen LogP contribution in [0.3, 0.4) is 0 Å². The van der Waals surface area contributed by atoms with Crippen LogP contribution in [0.2, 0.25) is 0 Å². The summed E-state index contributed by atoms with van der Waals surface area (Å²) in [4.78, 5) is 1.90. The van der Waals surface area contributed by atoms with Gasteiger partial charge in [-0.1, -0.05) is 25.8 Å². The van der Waals surface area contributed by atoms with E-state index in [1.807, 2.05) is 11.8 Å². The second-order valence-electron chi connectivity index (χ2n) is 5.34. The highest BCUT2D eigenvalue weighted by atomic mass is 19.4. The Morgan fingerprint density at radius 3 is 2.33 bits per heavy atom. The SMILES string of the molecule is CCCCCN(CC)c1ccc(C=C(C#N)C#N)c(C(F)(F)F)c1. The van der Waals surface area contributed by atoms with Crippen molar-refractivity contribution in [3.8, 4) is 12.1 Å². The molecule has 0 N–H and O–H groups in total. The fraction of sp³-hybridized carbons (Fsp3) is 0.444. The highest BCUT2D eigenvalue weighted by molar-refractivity contribution is 5.67. The van der Waals surface area contributed by atoms with Gasteiger partial charge in [-0.15, -0.1) is 0 Å². The van der Waals surface area contributed by atoms with E-state index in [0.29, 0.717) is 18.8 Å². The fourth-order valence-corrected chi connectivity index (χ4v) is 2.38. The van der Waals surface area contributed by atoms with Crippen LogP contribution >= 0.6 is 0 Å². The molecule has 0 aliphatic heterocycles. The van der Waals surface area contributed by atoms with E-state index in [1.165, 1.54) is 6.07 Å². The number of hydrogen-bond donors (Lipinski definition) is 0. The van der Waals surface area contributed by atoms with Crippen LogP contribution in [0.1, 0.15) is 44.2 Å². The number of nitriles is 2. The van der Waals surface area contributed by atoms with Crippen LogP contribution in [0.5, 0.6) is 0 Å². The van der Waals surface area contributed by atoms with Gasteiger partial charge in [-0.3, -0.25) is 0 Å². The van der Waals surface area contributed by atoms with Gasteiger partial charge in [0.05, 0.1) is 5.56 Å². The van der Waals surface area contributed by atoms with Crippen LogP contribution in [-0.2, 0) is 6.18 Å². The van der Waals surface area contributed by atoms with Crippen LogP contribution in [-0.4, -0.2) is 13.1 Å². The molecular formula is C18H20F3N3. The summed E-state index contributed by atoms with van der Waals surface area (Å²) in [5.74, 6) is 0. The molecule has 0 saturated heterocycles. The molecule has 0 saturated carbocycles. The summed E-state index contributed by atoms with van der Waals surface area (Å²) in [6.45, 7) is 5.27. The number of nitrogens with zero attached hydrogens (tertiary/aromatic N) is 3. The quantitative estimate of drug-likeness (QED) is 0.511. The summed E-state index contributed by atoms with van der Waals surface area (Å²) < 4.78 is 40.0. The summed E-state index contributed by atoms with van der Waals surface area (Å²) >= 11 is 0. The summed E-state index contributed by atoms with van der Waals surface area (Å²) in [5, 5.41) is 17.5. The van der Waals surface area contributed by atoms with Crippen molar-refractivity contribution in [1.29, 1.82) is 10.5 Å². The maximum atomic E-state index is 13.3. The van der Waals surface area contributed by atoms with Gasteiger partial charge in [0.1, 0.15) is 17.7 Å². The monoisotopic (exact) mass is 335 g/mol. The largest absolute Gasteiger partial charge is 0.417 e. The average Bonchev–Trinajstić information content (AvgIpc) is 2.56. The van der Waals surface area contributed by atoms with E-state index in [9.17, 15) is 13.2 Å². The van der Waals surface area contributed by atoms with Crippen molar-refractivity contribution in [2.75, 3.05) is 18.0 Å². The van der Waals surface area contributed by atoms with Gasteiger partial charge in [0.25, 0.3) is 0 Å². The van der Waals surface area contributed by atoms with E-state index >= 15 is 0 Å². The summed E-state index contributed by atoms with van der Waals surface area (Å²) in [7, 11) is 0. The molecule has 0 aromatic heterocycles. The van der Waals surface area contributed by atoms with Crippen molar-refractivity contribution in [2.24, 2.45) is 0 Å². The van der Waals surface area contributed by atoms with Crippen molar-refractivity contribution in [3.63, 3.8) is 0 Å². The lowest BCUT2D eigenvalue weighted by Gasteiger charge is -2.24. The zero-order valence-corrected chi connectivity index (χ0v) is 13.8. The zero-order valence-electron chi connectivity index (χ0n) is 13.8. The van der Waals surface area contributed by atoms with Gasteiger partial charge in [-0.2, -0.15) is 23.7 Å². The molecule has 24 heavy (non-hydrogen) atoms. The first kappa shape index (κ1) is 19.6. The standard InChI is InChI=1S/C18H20F3N3/c1-3-5-6-9-24(4-2)16-8-7-15(10-14(12-22)13-23)17(11-16)18(19,20)21/h7-8,10-11H,3-6,9H2,1-2H3. The van der Waals surface area contributed by atoms with E-state index in [2.05, 4.69) is 6.92 Å². The Morgan fingerprint density at radius 1 is 1.17 bits per heavy atom. The highest BCUT2D eigenvalue weighted by Gasteiger charge is 2.33. The van der Waals surface area contributed by atoms with Crippen LogP contribution in [0.15, 0.2) is 23.8 Å². The highest BCUT2D eigenvalue weighted by Crippen LogP contribution is 2.35. The smallest absolute Gasteiger partial charge is 0.372 e. The molecule has 1 aromatic rings. The molecule has 0 aliphatic rings. The number of rotatable bonds is 7. The van der Waals surface area contributed by atoms with E-state index in [-0.39, 0.29) is 11.1 Å². The second kappa shape index (κ2) is 8.98. The summed E-state index contributed by atoms with van der Waals surface area (Å²) in [6.07, 6.45) is -0.599. The normalized spacial score (nSPS) is 10.6. The Kier molecular flexibility index (Phi) is 7.32. The van der Waals surface area contributed by atoms with E-state index in [0.717, 1.165) is 31.4 Å². The van der Waals surface area contributed by atoms with Crippen molar-refractivity contribution in [3.05, 3.63) is 34.9 Å². The van der Waals surface area contributed by atoms with Gasteiger partial charge in [0, 0.05) is 18.8 Å². The minimum absolute atomic E-state index is 0.172. The molecule has 0 fully saturated rings. The van der Waals surface area contributed by atoms with Gasteiger partial charge in [0.2, 0.25) is 0 Å². The number of alkyl halides is 3. The van der Waals surface area contributed by atoms with Crippen molar-refractivity contribution < 1.29 is 13.2 Å². The number of anilines is 1. The van der Waals surface area contributed by atoms with Gasteiger partial charge in [0.15, 0.2) is 0 Å². The van der Waals surface area contributed by atoms with Crippen molar-refractivity contribution in [1.82, 2.24) is 0 Å². The molecule has 6 heteroatoms. The summed E-state index contributed by atoms with van der Waals surface area (Å²) in [5.41, 5.74) is -0.872. The Balaban J connectivity index is 3.27. The average molecular weight is 335 g/mol. The third-order valence-electron chi connectivity index (χ3n) is 3.66. The number of hydrogen-bond acceptors (Lipinski definition) is 3. The van der Waals surface area contributed by atoms with Crippen LogP contribution in [0, 0.1) is 22.7 Å². The molecule has 0 unspecified atom stereocenters. The van der Waals surface area contributed by atoms with E-state index < -0.39 is 11.7 Å². The van der Waals surface area contributed by atoms with Gasteiger partial charge in [-0.25, -0.2) is 0 Å². The number of benzene rings is 1.